The maximum absolute atomic E-state index is 14.3. The van der Waals surface area contributed by atoms with Gasteiger partial charge in [0.15, 0.2) is 17.4 Å². The summed E-state index contributed by atoms with van der Waals surface area (Å²) in [5.74, 6) is -7.81. The third-order valence-corrected chi connectivity index (χ3v) is 5.32. The standard InChI is InChI=1S/C19H11BrF3NO4S/c1-28-16-12(22)6-11(21)14(15(16)23)17(25)24-18-13(19(26)27)10(7-29-18)8-3-2-4-9(20)5-8/h2-7H,1H3,(H,24,25)(H,26,27). The van der Waals surface area contributed by atoms with E-state index in [0.29, 0.717) is 21.7 Å². The van der Waals surface area contributed by atoms with Crippen LogP contribution in [0.3, 0.4) is 0 Å². The molecule has 150 valence electrons. The lowest BCUT2D eigenvalue weighted by Crippen LogP contribution is -2.18. The Bertz CT molecular complexity index is 1130. The van der Waals surface area contributed by atoms with E-state index in [0.717, 1.165) is 18.4 Å². The Morgan fingerprint density at radius 2 is 1.86 bits per heavy atom. The number of nitrogens with one attached hydrogen (secondary N) is 1. The Balaban J connectivity index is 2.04. The molecule has 0 radical (unpaired) electrons. The van der Waals surface area contributed by atoms with Crippen molar-refractivity contribution in [3.63, 3.8) is 0 Å². The Labute approximate surface area is 174 Å². The normalized spacial score (nSPS) is 10.7. The number of carbonyl (C=O) groups excluding carboxylic acids is 1. The average Bonchev–Trinajstić information content (AvgIpc) is 3.05. The van der Waals surface area contributed by atoms with Crippen molar-refractivity contribution in [3.05, 3.63) is 68.8 Å². The van der Waals surface area contributed by atoms with E-state index >= 15 is 0 Å². The fraction of sp³-hybridized carbons (Fsp3) is 0.0526. The Morgan fingerprint density at radius 1 is 1.14 bits per heavy atom. The summed E-state index contributed by atoms with van der Waals surface area (Å²) in [6, 6.07) is 7.14. The van der Waals surface area contributed by atoms with Crippen LogP contribution in [0.2, 0.25) is 0 Å². The van der Waals surface area contributed by atoms with Crippen LogP contribution in [-0.2, 0) is 0 Å². The van der Waals surface area contributed by atoms with Crippen LogP contribution in [0.1, 0.15) is 20.7 Å². The first kappa shape index (κ1) is 20.9. The van der Waals surface area contributed by atoms with Gasteiger partial charge < -0.3 is 15.2 Å². The zero-order valence-corrected chi connectivity index (χ0v) is 17.0. The third kappa shape index (κ3) is 3.99. The number of methoxy groups -OCH3 is 1. The minimum atomic E-state index is -1.52. The molecular formula is C19H11BrF3NO4S. The first-order chi connectivity index (χ1) is 13.7. The number of carbonyl (C=O) groups is 2. The number of rotatable bonds is 5. The van der Waals surface area contributed by atoms with Crippen molar-refractivity contribution in [2.45, 2.75) is 0 Å². The van der Waals surface area contributed by atoms with Gasteiger partial charge >= 0.3 is 5.97 Å². The van der Waals surface area contributed by atoms with Crippen molar-refractivity contribution < 1.29 is 32.6 Å². The molecule has 1 heterocycles. The van der Waals surface area contributed by atoms with Gasteiger partial charge in [0.1, 0.15) is 21.9 Å². The molecule has 3 aromatic rings. The molecule has 0 unspecified atom stereocenters. The molecule has 0 aliphatic rings. The summed E-state index contributed by atoms with van der Waals surface area (Å²) < 4.78 is 47.2. The number of carboxylic acids is 1. The molecule has 0 atom stereocenters. The lowest BCUT2D eigenvalue weighted by molar-refractivity contribution is 0.0699. The maximum Gasteiger partial charge on any atom is 0.339 e. The summed E-state index contributed by atoms with van der Waals surface area (Å²) in [6.45, 7) is 0. The van der Waals surface area contributed by atoms with E-state index in [2.05, 4.69) is 26.0 Å². The molecule has 0 saturated heterocycles. The van der Waals surface area contributed by atoms with Gasteiger partial charge in [0.25, 0.3) is 5.91 Å². The lowest BCUT2D eigenvalue weighted by atomic mass is 10.0. The summed E-state index contributed by atoms with van der Waals surface area (Å²) in [7, 11) is 0.965. The zero-order valence-electron chi connectivity index (χ0n) is 14.6. The SMILES string of the molecule is COc1c(F)cc(F)c(C(=O)Nc2scc(-c3cccc(Br)c3)c2C(=O)O)c1F. The zero-order chi connectivity index (χ0) is 21.3. The van der Waals surface area contributed by atoms with Gasteiger partial charge in [-0.2, -0.15) is 0 Å². The van der Waals surface area contributed by atoms with Crippen molar-refractivity contribution in [2.24, 2.45) is 0 Å². The van der Waals surface area contributed by atoms with Gasteiger partial charge in [0.05, 0.1) is 7.11 Å². The topological polar surface area (TPSA) is 75.6 Å². The fourth-order valence-corrected chi connectivity index (χ4v) is 4.02. The molecule has 3 rings (SSSR count). The monoisotopic (exact) mass is 485 g/mol. The van der Waals surface area contributed by atoms with Gasteiger partial charge in [0.2, 0.25) is 0 Å². The molecule has 0 fully saturated rings. The van der Waals surface area contributed by atoms with Crippen molar-refractivity contribution >= 4 is 44.1 Å². The van der Waals surface area contributed by atoms with Gasteiger partial charge in [-0.25, -0.2) is 18.0 Å². The van der Waals surface area contributed by atoms with Gasteiger partial charge in [-0.1, -0.05) is 28.1 Å². The number of benzene rings is 2. The third-order valence-electron chi connectivity index (χ3n) is 3.93. The number of anilines is 1. The molecule has 0 aliphatic carbocycles. The predicted octanol–water partition coefficient (Wildman–Crippen LogP) is 5.55. The average molecular weight is 486 g/mol. The Hall–Kier alpha value is -2.85. The molecule has 5 nitrogen and oxygen atoms in total. The smallest absolute Gasteiger partial charge is 0.339 e. The molecule has 2 N–H and O–H groups in total. The highest BCUT2D eigenvalue weighted by Gasteiger charge is 2.27. The van der Waals surface area contributed by atoms with Gasteiger partial charge in [-0.3, -0.25) is 4.79 Å². The molecular weight excluding hydrogens is 475 g/mol. The van der Waals surface area contributed by atoms with Crippen molar-refractivity contribution in [2.75, 3.05) is 12.4 Å². The van der Waals surface area contributed by atoms with E-state index in [1.54, 1.807) is 24.3 Å². The highest BCUT2D eigenvalue weighted by molar-refractivity contribution is 9.10. The lowest BCUT2D eigenvalue weighted by Gasteiger charge is -2.10. The highest BCUT2D eigenvalue weighted by Crippen LogP contribution is 2.37. The summed E-state index contributed by atoms with van der Waals surface area (Å²) in [4.78, 5) is 24.2. The molecule has 29 heavy (non-hydrogen) atoms. The van der Waals surface area contributed by atoms with Crippen LogP contribution in [0.4, 0.5) is 18.2 Å². The number of thiophene rings is 1. The summed E-state index contributed by atoms with van der Waals surface area (Å²) in [6.07, 6.45) is 0. The van der Waals surface area contributed by atoms with Crippen LogP contribution in [0.15, 0.2) is 40.2 Å². The molecule has 0 spiro atoms. The Morgan fingerprint density at radius 3 is 2.48 bits per heavy atom. The van der Waals surface area contributed by atoms with Crippen LogP contribution in [0, 0.1) is 17.5 Å². The van der Waals surface area contributed by atoms with E-state index in [4.69, 9.17) is 0 Å². The predicted molar refractivity (Wildman–Crippen MR) is 105 cm³/mol. The minimum Gasteiger partial charge on any atom is -0.491 e. The van der Waals surface area contributed by atoms with Crippen molar-refractivity contribution in [1.29, 1.82) is 0 Å². The van der Waals surface area contributed by atoms with Crippen LogP contribution in [0.5, 0.6) is 5.75 Å². The van der Waals surface area contributed by atoms with Gasteiger partial charge in [-0.15, -0.1) is 11.3 Å². The number of aromatic carboxylic acids is 1. The minimum absolute atomic E-state index is 0.125. The molecule has 1 aromatic heterocycles. The first-order valence-corrected chi connectivity index (χ1v) is 9.55. The second-order valence-electron chi connectivity index (χ2n) is 5.69. The second kappa shape index (κ2) is 8.26. The molecule has 2 aromatic carbocycles. The molecule has 0 saturated carbocycles. The quantitative estimate of drug-likeness (QED) is 0.496. The first-order valence-electron chi connectivity index (χ1n) is 7.88. The fourth-order valence-electron chi connectivity index (χ4n) is 2.66. The van der Waals surface area contributed by atoms with Crippen LogP contribution < -0.4 is 10.1 Å². The number of amides is 1. The van der Waals surface area contributed by atoms with Crippen LogP contribution >= 0.6 is 27.3 Å². The van der Waals surface area contributed by atoms with Gasteiger partial charge in [0, 0.05) is 21.5 Å². The summed E-state index contributed by atoms with van der Waals surface area (Å²) in [5.41, 5.74) is -0.445. The molecule has 0 bridgehead atoms. The number of carboxylic acid groups (broad SMARTS) is 1. The van der Waals surface area contributed by atoms with Crippen molar-refractivity contribution in [3.8, 4) is 16.9 Å². The maximum atomic E-state index is 14.3. The van der Waals surface area contributed by atoms with E-state index in [-0.39, 0.29) is 10.6 Å². The number of hydrogen-bond donors (Lipinski definition) is 2. The largest absolute Gasteiger partial charge is 0.491 e. The van der Waals surface area contributed by atoms with Gasteiger partial charge in [-0.05, 0) is 17.7 Å². The van der Waals surface area contributed by atoms with E-state index < -0.39 is 40.6 Å². The number of hydrogen-bond acceptors (Lipinski definition) is 4. The molecule has 1 amide bonds. The van der Waals surface area contributed by atoms with E-state index in [1.165, 1.54) is 5.38 Å². The number of halogens is 4. The van der Waals surface area contributed by atoms with E-state index in [9.17, 15) is 27.9 Å². The summed E-state index contributed by atoms with van der Waals surface area (Å²) in [5, 5.41) is 13.2. The second-order valence-corrected chi connectivity index (χ2v) is 7.48. The highest BCUT2D eigenvalue weighted by atomic mass is 79.9. The van der Waals surface area contributed by atoms with Crippen LogP contribution in [-0.4, -0.2) is 24.1 Å². The summed E-state index contributed by atoms with van der Waals surface area (Å²) >= 11 is 4.17. The number of ether oxygens (including phenoxy) is 1. The molecule has 10 heteroatoms. The molecule has 0 aliphatic heterocycles. The van der Waals surface area contributed by atoms with Crippen molar-refractivity contribution in [1.82, 2.24) is 0 Å². The van der Waals surface area contributed by atoms with Crippen LogP contribution in [0.25, 0.3) is 11.1 Å². The Kier molecular flexibility index (Phi) is 5.94. The van der Waals surface area contributed by atoms with E-state index in [1.807, 2.05) is 0 Å².